The van der Waals surface area contributed by atoms with Gasteiger partial charge in [-0.3, -0.25) is 13.8 Å². The highest BCUT2D eigenvalue weighted by Crippen LogP contribution is 2.43. The van der Waals surface area contributed by atoms with Gasteiger partial charge in [-0.05, 0) is 63.9 Å². The number of phosphoric acid groups is 1. The van der Waals surface area contributed by atoms with E-state index in [9.17, 15) is 34.7 Å². The zero-order valence-electron chi connectivity index (χ0n) is 40.5. The van der Waals surface area contributed by atoms with Crippen molar-refractivity contribution in [1.29, 1.82) is 0 Å². The molecule has 0 bridgehead atoms. The van der Waals surface area contributed by atoms with Gasteiger partial charge in [-0.2, -0.15) is 0 Å². The summed E-state index contributed by atoms with van der Waals surface area (Å²) in [5, 5.41) is 42.7. The summed E-state index contributed by atoms with van der Waals surface area (Å²) in [7, 11) is -4.59. The third kappa shape index (κ3) is 35.6. The van der Waals surface area contributed by atoms with E-state index in [4.69, 9.17) is 23.3 Å². The van der Waals surface area contributed by atoms with Gasteiger partial charge in [0.25, 0.3) is 0 Å². The maximum atomic E-state index is 12.8. The molecule has 0 aromatic heterocycles. The van der Waals surface area contributed by atoms with Gasteiger partial charge in [0, 0.05) is 13.0 Å². The van der Waals surface area contributed by atoms with E-state index in [1.807, 2.05) is 12.2 Å². The van der Waals surface area contributed by atoms with Crippen LogP contribution < -0.4 is 5.32 Å². The molecule has 13 nitrogen and oxygen atoms in total. The largest absolute Gasteiger partial charge is 0.498 e. The fourth-order valence-electron chi connectivity index (χ4n) is 7.16. The Bertz CT molecular complexity index is 1330. The number of hydrogen-bond donors (Lipinski definition) is 6. The second kappa shape index (κ2) is 42.0. The summed E-state index contributed by atoms with van der Waals surface area (Å²) >= 11 is 0. The zero-order valence-corrected chi connectivity index (χ0v) is 41.4. The van der Waals surface area contributed by atoms with Gasteiger partial charge in [-0.1, -0.05) is 172 Å². The second-order valence-corrected chi connectivity index (χ2v) is 18.8. The fourth-order valence-corrected chi connectivity index (χ4v) is 7.91. The highest BCUT2D eigenvalue weighted by atomic mass is 31.2. The monoisotopic (exact) mass is 942 g/mol. The van der Waals surface area contributed by atoms with Gasteiger partial charge in [0.05, 0.1) is 32.6 Å². The van der Waals surface area contributed by atoms with Crippen LogP contribution in [0.5, 0.6) is 0 Å². The van der Waals surface area contributed by atoms with E-state index in [0.29, 0.717) is 12.8 Å². The minimum absolute atomic E-state index is 0.0594. The smallest absolute Gasteiger partial charge is 0.472 e. The van der Waals surface area contributed by atoms with Crippen LogP contribution in [0.15, 0.2) is 60.9 Å². The molecule has 6 N–H and O–H groups in total. The molecule has 1 rings (SSSR count). The molecule has 1 saturated heterocycles. The number of ether oxygens (including phenoxy) is 3. The Morgan fingerprint density at radius 3 is 1.72 bits per heavy atom. The number of allylic oxidation sites excluding steroid dienone is 9. The molecule has 0 amide bonds. The van der Waals surface area contributed by atoms with E-state index in [2.05, 4.69) is 61.7 Å². The molecule has 0 radical (unpaired) electrons. The molecule has 1 aliphatic rings. The Hall–Kier alpha value is -2.16. The topological polar surface area (TPSA) is 193 Å². The standard InChI is InChI=1S/C51H92NO12P/c1-3-5-7-9-11-13-15-17-19-21-23-25-27-29-31-33-35-37-40-60-42-46(43-63-65(58,59)62-41-39-52-45-51(57)50(56)49(55)47(53)44-61-51)64-48(54)38-36-34-32-30-28-26-24-22-20-18-16-14-12-10-8-6-4-2/h12,14,18,20,24,26,30,32,37,40,46-47,49-50,52-53,55-57H,3-11,13,15-17,19,21-23,25,27-29,31,33-36,38-39,41-45H2,1-2H3,(H,58,59)/b14-12-,20-18-,26-24-,32-30-,40-37-/t46-,47-,49-,50+,51-/m1/s1. The molecule has 0 saturated carbocycles. The van der Waals surface area contributed by atoms with Crippen LogP contribution in [0.3, 0.4) is 0 Å². The molecule has 1 heterocycles. The second-order valence-electron chi connectivity index (χ2n) is 17.3. The molecule has 14 heteroatoms. The van der Waals surface area contributed by atoms with E-state index in [-0.39, 0.29) is 39.3 Å². The first-order valence-corrected chi connectivity index (χ1v) is 26.8. The number of carbonyl (C=O) groups excluding carboxylic acids is 1. The SMILES string of the molecule is CCCCC/C=C\C/C=C\C/C=C\C/C=C\CCCC(=O)O[C@H](CO/C=C\CCCCCCCCCCCCCCCCCC)COP(=O)(O)OCCNC[C@@]1(O)OC[C@@H](O)[C@@H](O)[C@@H]1O. The van der Waals surface area contributed by atoms with E-state index in [0.717, 1.165) is 44.9 Å². The van der Waals surface area contributed by atoms with Crippen molar-refractivity contribution in [3.63, 3.8) is 0 Å². The van der Waals surface area contributed by atoms with Crippen molar-refractivity contribution in [3.05, 3.63) is 60.9 Å². The number of hydrogen-bond acceptors (Lipinski definition) is 12. The summed E-state index contributed by atoms with van der Waals surface area (Å²) in [5.41, 5.74) is 0. The van der Waals surface area contributed by atoms with Crippen LogP contribution in [0.25, 0.3) is 0 Å². The average Bonchev–Trinajstić information content (AvgIpc) is 3.29. The van der Waals surface area contributed by atoms with E-state index < -0.39 is 50.6 Å². The lowest BCUT2D eigenvalue weighted by molar-refractivity contribution is -0.317. The Morgan fingerprint density at radius 2 is 1.15 bits per heavy atom. The summed E-state index contributed by atoms with van der Waals surface area (Å²) in [6.45, 7) is 2.82. The zero-order chi connectivity index (χ0) is 47.5. The number of esters is 1. The molecule has 65 heavy (non-hydrogen) atoms. The van der Waals surface area contributed by atoms with Crippen molar-refractivity contribution >= 4 is 13.8 Å². The van der Waals surface area contributed by atoms with Crippen molar-refractivity contribution < 1.29 is 57.9 Å². The van der Waals surface area contributed by atoms with Gasteiger partial charge in [0.1, 0.15) is 24.9 Å². The molecule has 0 spiro atoms. The van der Waals surface area contributed by atoms with E-state index >= 15 is 0 Å². The summed E-state index contributed by atoms with van der Waals surface area (Å²) in [4.78, 5) is 23.1. The molecule has 1 aliphatic heterocycles. The van der Waals surface area contributed by atoms with Crippen LogP contribution in [0.4, 0.5) is 0 Å². The summed E-state index contributed by atoms with van der Waals surface area (Å²) < 4.78 is 39.2. The average molecular weight is 942 g/mol. The van der Waals surface area contributed by atoms with E-state index in [1.165, 1.54) is 109 Å². The molecular formula is C51H92NO12P. The Balaban J connectivity index is 2.41. The van der Waals surface area contributed by atoms with Crippen molar-refractivity contribution in [2.24, 2.45) is 0 Å². The molecule has 0 aliphatic carbocycles. The van der Waals surface area contributed by atoms with Crippen molar-refractivity contribution in [1.82, 2.24) is 5.32 Å². The third-order valence-corrected chi connectivity index (χ3v) is 12.2. The number of phosphoric ester groups is 1. The number of aliphatic hydroxyl groups is 4. The maximum absolute atomic E-state index is 12.8. The molecule has 0 aromatic rings. The molecule has 0 aromatic carbocycles. The van der Waals surface area contributed by atoms with Gasteiger partial charge < -0.3 is 44.8 Å². The molecule has 1 unspecified atom stereocenters. The first-order valence-electron chi connectivity index (χ1n) is 25.3. The van der Waals surface area contributed by atoms with Crippen molar-refractivity contribution in [2.45, 2.75) is 217 Å². The highest BCUT2D eigenvalue weighted by molar-refractivity contribution is 7.47. The number of carbonyl (C=O) groups is 1. The summed E-state index contributed by atoms with van der Waals surface area (Å²) in [5.74, 6) is -2.65. The highest BCUT2D eigenvalue weighted by Gasteiger charge is 2.48. The number of aliphatic hydroxyl groups excluding tert-OH is 3. The minimum Gasteiger partial charge on any atom is -0.498 e. The first kappa shape index (κ1) is 60.9. The number of unbranched alkanes of at least 4 members (excludes halogenated alkanes) is 20. The maximum Gasteiger partial charge on any atom is 0.472 e. The lowest BCUT2D eigenvalue weighted by Gasteiger charge is -2.41. The number of rotatable bonds is 44. The quantitative estimate of drug-likeness (QED) is 0.0111. The Kier molecular flexibility index (Phi) is 39.3. The lowest BCUT2D eigenvalue weighted by atomic mass is 9.97. The molecule has 6 atom stereocenters. The van der Waals surface area contributed by atoms with Gasteiger partial charge >= 0.3 is 13.8 Å². The lowest BCUT2D eigenvalue weighted by Crippen LogP contribution is -2.64. The first-order chi connectivity index (χ1) is 31.5. The molecular weight excluding hydrogens is 850 g/mol. The van der Waals surface area contributed by atoms with Crippen LogP contribution in [0.2, 0.25) is 0 Å². The van der Waals surface area contributed by atoms with Crippen LogP contribution in [-0.2, 0) is 32.6 Å². The van der Waals surface area contributed by atoms with Gasteiger partial charge in [0.15, 0.2) is 6.10 Å². The third-order valence-electron chi connectivity index (χ3n) is 11.2. The Morgan fingerprint density at radius 1 is 0.677 bits per heavy atom. The number of nitrogens with one attached hydrogen (secondary N) is 1. The normalized spacial score (nSPS) is 20.8. The predicted molar refractivity (Wildman–Crippen MR) is 261 cm³/mol. The van der Waals surface area contributed by atoms with Crippen LogP contribution in [0.1, 0.15) is 187 Å². The molecule has 1 fully saturated rings. The van der Waals surface area contributed by atoms with Crippen LogP contribution >= 0.6 is 7.82 Å². The van der Waals surface area contributed by atoms with Crippen LogP contribution in [-0.4, -0.2) is 101 Å². The molecule has 378 valence electrons. The minimum atomic E-state index is -4.59. The summed E-state index contributed by atoms with van der Waals surface area (Å²) in [6.07, 6.45) is 46.0. The predicted octanol–water partition coefficient (Wildman–Crippen LogP) is 10.8. The van der Waals surface area contributed by atoms with Crippen molar-refractivity contribution in [2.75, 3.05) is 39.5 Å². The van der Waals surface area contributed by atoms with Gasteiger partial charge in [-0.15, -0.1) is 0 Å². The van der Waals surface area contributed by atoms with E-state index in [1.54, 1.807) is 6.26 Å². The van der Waals surface area contributed by atoms with Crippen molar-refractivity contribution in [3.8, 4) is 0 Å². The fraction of sp³-hybridized carbons (Fsp3) is 0.784. The van der Waals surface area contributed by atoms with Gasteiger partial charge in [0.2, 0.25) is 5.79 Å². The van der Waals surface area contributed by atoms with Crippen LogP contribution in [0, 0.1) is 0 Å². The summed E-state index contributed by atoms with van der Waals surface area (Å²) in [6, 6.07) is 0. The van der Waals surface area contributed by atoms with Gasteiger partial charge in [-0.25, -0.2) is 4.57 Å². The Labute approximate surface area is 393 Å².